The van der Waals surface area contributed by atoms with E-state index >= 15 is 0 Å². The van der Waals surface area contributed by atoms with E-state index in [0.717, 1.165) is 0 Å². The van der Waals surface area contributed by atoms with Crippen LogP contribution in [0.5, 0.6) is 0 Å². The maximum absolute atomic E-state index is 13.0. The van der Waals surface area contributed by atoms with E-state index in [2.05, 4.69) is 0 Å². The summed E-state index contributed by atoms with van der Waals surface area (Å²) in [6.45, 7) is 7.03. The highest BCUT2D eigenvalue weighted by molar-refractivity contribution is 5.92. The van der Waals surface area contributed by atoms with Gasteiger partial charge in [0.05, 0.1) is 6.04 Å². The van der Waals surface area contributed by atoms with Crippen LogP contribution in [0, 0.1) is 5.82 Å². The lowest BCUT2D eigenvalue weighted by Gasteiger charge is -2.30. The summed E-state index contributed by atoms with van der Waals surface area (Å²) in [5.41, 5.74) is -0.240. The number of amides is 1. The number of benzene rings is 1. The number of anilines is 1. The topological polar surface area (TPSA) is 46.6 Å². The van der Waals surface area contributed by atoms with Crippen molar-refractivity contribution < 1.29 is 18.7 Å². The van der Waals surface area contributed by atoms with Gasteiger partial charge in [-0.05, 0) is 51.5 Å². The lowest BCUT2D eigenvalue weighted by atomic mass is 10.1. The van der Waals surface area contributed by atoms with Gasteiger partial charge in [-0.3, -0.25) is 4.90 Å². The number of hydrogen-bond donors (Lipinski definition) is 0. The third kappa shape index (κ3) is 4.33. The second kappa shape index (κ2) is 6.50. The fraction of sp³-hybridized carbons (Fsp3) is 0.467. The lowest BCUT2D eigenvalue weighted by Crippen LogP contribution is -2.44. The van der Waals surface area contributed by atoms with Crippen LogP contribution >= 0.6 is 0 Å². The maximum atomic E-state index is 13.0. The number of nitrogens with zero attached hydrogens (tertiary/aromatic N) is 1. The summed E-state index contributed by atoms with van der Waals surface area (Å²) in [5, 5.41) is 0. The van der Waals surface area contributed by atoms with E-state index in [0.29, 0.717) is 18.4 Å². The summed E-state index contributed by atoms with van der Waals surface area (Å²) in [5.74, 6) is -0.406. The molecule has 1 atom stereocenters. The Morgan fingerprint density at radius 1 is 1.35 bits per heavy atom. The minimum atomic E-state index is -0.670. The minimum Gasteiger partial charge on any atom is -0.443 e. The van der Waals surface area contributed by atoms with Crippen LogP contribution in [0.2, 0.25) is 0 Å². The van der Waals surface area contributed by atoms with E-state index in [4.69, 9.17) is 4.74 Å². The van der Waals surface area contributed by atoms with Gasteiger partial charge in [0.25, 0.3) is 0 Å². The molecular formula is C15H20FNO3. The van der Waals surface area contributed by atoms with E-state index in [-0.39, 0.29) is 0 Å². The number of carbonyl (C=O) groups excluding carboxylic acids is 2. The van der Waals surface area contributed by atoms with Gasteiger partial charge in [0.15, 0.2) is 0 Å². The van der Waals surface area contributed by atoms with Crippen LogP contribution in [-0.4, -0.2) is 24.0 Å². The van der Waals surface area contributed by atoms with Crippen molar-refractivity contribution in [1.82, 2.24) is 0 Å². The predicted molar refractivity (Wildman–Crippen MR) is 75.3 cm³/mol. The first-order valence-corrected chi connectivity index (χ1v) is 6.51. The Labute approximate surface area is 118 Å². The Hall–Kier alpha value is -1.91. The van der Waals surface area contributed by atoms with Crippen LogP contribution in [-0.2, 0) is 9.53 Å². The molecule has 1 aromatic carbocycles. The van der Waals surface area contributed by atoms with Crippen molar-refractivity contribution >= 4 is 18.1 Å². The highest BCUT2D eigenvalue weighted by Gasteiger charge is 2.28. The van der Waals surface area contributed by atoms with Crippen LogP contribution in [0.4, 0.5) is 14.9 Å². The van der Waals surface area contributed by atoms with Crippen molar-refractivity contribution in [2.24, 2.45) is 0 Å². The molecule has 1 amide bonds. The molecule has 1 rings (SSSR count). The van der Waals surface area contributed by atoms with Crippen LogP contribution in [0.25, 0.3) is 0 Å². The first-order valence-electron chi connectivity index (χ1n) is 6.51. The number of hydrogen-bond acceptors (Lipinski definition) is 3. The molecule has 110 valence electrons. The van der Waals surface area contributed by atoms with Crippen molar-refractivity contribution in [3.05, 3.63) is 30.1 Å². The van der Waals surface area contributed by atoms with Crippen LogP contribution in [0.3, 0.4) is 0 Å². The molecule has 0 aromatic heterocycles. The van der Waals surface area contributed by atoms with Gasteiger partial charge in [-0.15, -0.1) is 0 Å². The zero-order valence-corrected chi connectivity index (χ0v) is 12.2. The molecule has 1 unspecified atom stereocenters. The summed E-state index contributed by atoms with van der Waals surface area (Å²) in [7, 11) is 0. The number of ether oxygens (including phenoxy) is 1. The molecule has 0 saturated carbocycles. The minimum absolute atomic E-state index is 0.406. The van der Waals surface area contributed by atoms with Gasteiger partial charge < -0.3 is 9.53 Å². The molecular weight excluding hydrogens is 261 g/mol. The van der Waals surface area contributed by atoms with Crippen molar-refractivity contribution in [2.75, 3.05) is 4.90 Å². The van der Waals surface area contributed by atoms with Crippen LogP contribution in [0.15, 0.2) is 24.3 Å². The van der Waals surface area contributed by atoms with Gasteiger partial charge in [0.2, 0.25) is 0 Å². The molecule has 0 saturated heterocycles. The maximum Gasteiger partial charge on any atom is 0.415 e. The first kappa shape index (κ1) is 16.1. The molecule has 0 bridgehead atoms. The number of halogens is 1. The van der Waals surface area contributed by atoms with Crippen molar-refractivity contribution in [2.45, 2.75) is 45.8 Å². The van der Waals surface area contributed by atoms with E-state index in [1.165, 1.54) is 29.2 Å². The van der Waals surface area contributed by atoms with Crippen molar-refractivity contribution in [3.63, 3.8) is 0 Å². The molecule has 0 N–H and O–H groups in total. The van der Waals surface area contributed by atoms with Crippen LogP contribution in [0.1, 0.15) is 34.1 Å². The predicted octanol–water partition coefficient (Wildman–Crippen LogP) is 3.54. The summed E-state index contributed by atoms with van der Waals surface area (Å²) in [4.78, 5) is 24.7. The summed E-state index contributed by atoms with van der Waals surface area (Å²) >= 11 is 0. The van der Waals surface area contributed by atoms with Gasteiger partial charge >= 0.3 is 6.09 Å². The van der Waals surface area contributed by atoms with Crippen LogP contribution < -0.4 is 4.90 Å². The number of aldehydes is 1. The zero-order valence-electron chi connectivity index (χ0n) is 12.2. The smallest absolute Gasteiger partial charge is 0.415 e. The SMILES string of the molecule is CCC(C=O)N(C(=O)OC(C)(C)C)c1ccc(F)cc1. The monoisotopic (exact) mass is 281 g/mol. The van der Waals surface area contributed by atoms with Gasteiger partial charge in [-0.1, -0.05) is 6.92 Å². The molecule has 0 heterocycles. The molecule has 0 fully saturated rings. The van der Waals surface area contributed by atoms with E-state index < -0.39 is 23.6 Å². The molecule has 5 heteroatoms. The Kier molecular flexibility index (Phi) is 5.25. The second-order valence-corrected chi connectivity index (χ2v) is 5.44. The average molecular weight is 281 g/mol. The molecule has 20 heavy (non-hydrogen) atoms. The Morgan fingerprint density at radius 2 is 1.90 bits per heavy atom. The number of rotatable bonds is 4. The Morgan fingerprint density at radius 3 is 2.30 bits per heavy atom. The Bertz CT molecular complexity index is 465. The van der Waals surface area contributed by atoms with E-state index in [1.54, 1.807) is 27.7 Å². The number of carbonyl (C=O) groups is 2. The standard InChI is InChI=1S/C15H20FNO3/c1-5-12(10-18)17(14(19)20-15(2,3)4)13-8-6-11(16)7-9-13/h6-10,12H,5H2,1-4H3. The molecule has 0 aliphatic rings. The highest BCUT2D eigenvalue weighted by Crippen LogP contribution is 2.22. The molecule has 0 spiro atoms. The average Bonchev–Trinajstić information content (AvgIpc) is 2.35. The normalized spacial score (nSPS) is 12.7. The molecule has 0 aliphatic heterocycles. The fourth-order valence-corrected chi connectivity index (χ4v) is 1.68. The summed E-state index contributed by atoms with van der Waals surface area (Å²) in [6, 6.07) is 4.74. The third-order valence-electron chi connectivity index (χ3n) is 2.60. The fourth-order valence-electron chi connectivity index (χ4n) is 1.68. The highest BCUT2D eigenvalue weighted by atomic mass is 19.1. The van der Waals surface area contributed by atoms with E-state index in [1.807, 2.05) is 0 Å². The zero-order chi connectivity index (χ0) is 15.3. The molecule has 0 radical (unpaired) electrons. The van der Waals surface area contributed by atoms with E-state index in [9.17, 15) is 14.0 Å². The molecule has 4 nitrogen and oxygen atoms in total. The van der Waals surface area contributed by atoms with Gasteiger partial charge in [-0.25, -0.2) is 9.18 Å². The van der Waals surface area contributed by atoms with Crippen molar-refractivity contribution in [3.8, 4) is 0 Å². The molecule has 1 aromatic rings. The third-order valence-corrected chi connectivity index (χ3v) is 2.60. The van der Waals surface area contributed by atoms with Gasteiger partial charge in [-0.2, -0.15) is 0 Å². The first-order chi connectivity index (χ1) is 9.28. The van der Waals surface area contributed by atoms with Gasteiger partial charge in [0.1, 0.15) is 17.7 Å². The Balaban J connectivity index is 3.11. The largest absolute Gasteiger partial charge is 0.443 e. The quantitative estimate of drug-likeness (QED) is 0.793. The van der Waals surface area contributed by atoms with Gasteiger partial charge in [0, 0.05) is 5.69 Å². The lowest BCUT2D eigenvalue weighted by molar-refractivity contribution is -0.109. The van der Waals surface area contributed by atoms with Crippen molar-refractivity contribution in [1.29, 1.82) is 0 Å². The second-order valence-electron chi connectivity index (χ2n) is 5.44. The summed E-state index contributed by atoms with van der Waals surface area (Å²) < 4.78 is 18.3. The molecule has 0 aliphatic carbocycles. The summed E-state index contributed by atoms with van der Waals surface area (Å²) in [6.07, 6.45) is 0.510.